The van der Waals surface area contributed by atoms with Crippen molar-refractivity contribution in [2.75, 3.05) is 6.54 Å². The van der Waals surface area contributed by atoms with E-state index in [0.717, 1.165) is 25.8 Å². The highest BCUT2D eigenvalue weighted by molar-refractivity contribution is 5.69. The number of amides is 1. The minimum atomic E-state index is -0.430. The van der Waals surface area contributed by atoms with E-state index in [1.165, 1.54) is 5.57 Å². The van der Waals surface area contributed by atoms with Gasteiger partial charge in [0.15, 0.2) is 0 Å². The lowest BCUT2D eigenvalue weighted by molar-refractivity contribution is 0.0324. The van der Waals surface area contributed by atoms with Crippen LogP contribution >= 0.6 is 0 Å². The molecule has 0 spiro atoms. The summed E-state index contributed by atoms with van der Waals surface area (Å²) < 4.78 is 5.32. The fraction of sp³-hybridized carbons (Fsp3) is 0.615. The molecule has 3 heteroatoms. The van der Waals surface area contributed by atoms with Gasteiger partial charge in [0.2, 0.25) is 0 Å². The van der Waals surface area contributed by atoms with Crippen LogP contribution in [0.2, 0.25) is 0 Å². The Balaban J connectivity index is 2.62. The Morgan fingerprint density at radius 3 is 2.88 bits per heavy atom. The normalized spacial score (nSPS) is 16.7. The molecule has 0 aromatic carbocycles. The van der Waals surface area contributed by atoms with E-state index in [9.17, 15) is 4.79 Å². The molecule has 0 unspecified atom stereocenters. The number of hydrogen-bond donors (Lipinski definition) is 0. The minimum Gasteiger partial charge on any atom is -0.443 e. The third kappa shape index (κ3) is 4.09. The smallest absolute Gasteiger partial charge is 0.414 e. The molecule has 0 radical (unpaired) electrons. The summed E-state index contributed by atoms with van der Waals surface area (Å²) in [4.78, 5) is 13.5. The molecule has 0 aliphatic carbocycles. The van der Waals surface area contributed by atoms with Crippen LogP contribution in [0.4, 0.5) is 4.79 Å². The molecule has 0 aromatic heterocycles. The largest absolute Gasteiger partial charge is 0.443 e. The van der Waals surface area contributed by atoms with Gasteiger partial charge in [-0.05, 0) is 45.6 Å². The summed E-state index contributed by atoms with van der Waals surface area (Å²) in [6.45, 7) is 10.1. The van der Waals surface area contributed by atoms with Crippen molar-refractivity contribution in [2.24, 2.45) is 0 Å². The Bertz CT molecular complexity index is 300. The molecule has 16 heavy (non-hydrogen) atoms. The molecule has 1 heterocycles. The van der Waals surface area contributed by atoms with Crippen molar-refractivity contribution in [3.63, 3.8) is 0 Å². The van der Waals surface area contributed by atoms with Gasteiger partial charge >= 0.3 is 6.09 Å². The Morgan fingerprint density at radius 1 is 1.62 bits per heavy atom. The highest BCUT2D eigenvalue weighted by atomic mass is 16.6. The van der Waals surface area contributed by atoms with Crippen LogP contribution in [-0.2, 0) is 4.74 Å². The van der Waals surface area contributed by atoms with Gasteiger partial charge in [-0.3, -0.25) is 4.90 Å². The second kappa shape index (κ2) is 5.19. The summed E-state index contributed by atoms with van der Waals surface area (Å²) in [7, 11) is 0. The molecule has 1 aliphatic heterocycles. The second-order valence-corrected chi connectivity index (χ2v) is 5.06. The van der Waals surface area contributed by atoms with E-state index >= 15 is 0 Å². The third-order valence-corrected chi connectivity index (χ3v) is 2.27. The van der Waals surface area contributed by atoms with E-state index in [0.29, 0.717) is 0 Å². The Hall–Kier alpha value is -1.25. The molecule has 0 N–H and O–H groups in total. The number of ether oxygens (including phenoxy) is 1. The summed E-state index contributed by atoms with van der Waals surface area (Å²) in [6.07, 6.45) is 6.40. The first-order chi connectivity index (χ1) is 7.42. The van der Waals surface area contributed by atoms with Crippen molar-refractivity contribution in [1.82, 2.24) is 4.90 Å². The van der Waals surface area contributed by atoms with Gasteiger partial charge in [-0.25, -0.2) is 4.79 Å². The molecular formula is C13H21NO2. The molecule has 0 atom stereocenters. The lowest BCUT2D eigenvalue weighted by atomic mass is 10.0. The number of carbonyl (C=O) groups is 1. The molecule has 0 saturated carbocycles. The summed E-state index contributed by atoms with van der Waals surface area (Å²) in [5.74, 6) is 0. The average molecular weight is 223 g/mol. The maximum atomic E-state index is 11.8. The van der Waals surface area contributed by atoms with Gasteiger partial charge in [-0.1, -0.05) is 6.08 Å². The van der Waals surface area contributed by atoms with Crippen LogP contribution in [-0.4, -0.2) is 23.1 Å². The van der Waals surface area contributed by atoms with Crippen LogP contribution < -0.4 is 0 Å². The van der Waals surface area contributed by atoms with E-state index in [1.54, 1.807) is 4.90 Å². The standard InChI is InChI=1S/C13H21NO2/c1-5-7-11-8-6-9-14(10-11)12(15)16-13(2,3)4/h5,10H,1,6-9H2,2-4H3. The number of rotatable bonds is 2. The van der Waals surface area contributed by atoms with Crippen molar-refractivity contribution < 1.29 is 9.53 Å². The molecule has 0 aromatic rings. The van der Waals surface area contributed by atoms with Crippen LogP contribution in [0.15, 0.2) is 24.4 Å². The van der Waals surface area contributed by atoms with Crippen LogP contribution in [0.3, 0.4) is 0 Å². The first kappa shape index (κ1) is 12.8. The zero-order chi connectivity index (χ0) is 12.2. The van der Waals surface area contributed by atoms with Crippen molar-refractivity contribution >= 4 is 6.09 Å². The van der Waals surface area contributed by atoms with Crippen molar-refractivity contribution in [2.45, 2.75) is 45.6 Å². The number of carbonyl (C=O) groups excluding carboxylic acids is 1. The minimum absolute atomic E-state index is 0.256. The lowest BCUT2D eigenvalue weighted by Gasteiger charge is -2.28. The van der Waals surface area contributed by atoms with Crippen molar-refractivity contribution in [3.05, 3.63) is 24.4 Å². The first-order valence-corrected chi connectivity index (χ1v) is 5.72. The van der Waals surface area contributed by atoms with Gasteiger partial charge in [-0.15, -0.1) is 6.58 Å². The van der Waals surface area contributed by atoms with Crippen LogP contribution in [0.25, 0.3) is 0 Å². The Morgan fingerprint density at radius 2 is 2.31 bits per heavy atom. The maximum Gasteiger partial charge on any atom is 0.414 e. The third-order valence-electron chi connectivity index (χ3n) is 2.27. The summed E-state index contributed by atoms with van der Waals surface area (Å²) in [6, 6.07) is 0. The Labute approximate surface area is 97.8 Å². The first-order valence-electron chi connectivity index (χ1n) is 5.72. The molecule has 3 nitrogen and oxygen atoms in total. The van der Waals surface area contributed by atoms with Gasteiger partial charge in [0.05, 0.1) is 0 Å². The summed E-state index contributed by atoms with van der Waals surface area (Å²) in [5, 5.41) is 0. The van der Waals surface area contributed by atoms with E-state index in [4.69, 9.17) is 4.74 Å². The number of nitrogens with zero attached hydrogens (tertiary/aromatic N) is 1. The van der Waals surface area contributed by atoms with Crippen molar-refractivity contribution in [1.29, 1.82) is 0 Å². The van der Waals surface area contributed by atoms with E-state index in [-0.39, 0.29) is 6.09 Å². The second-order valence-electron chi connectivity index (χ2n) is 5.06. The molecule has 0 fully saturated rings. The highest BCUT2D eigenvalue weighted by Gasteiger charge is 2.22. The average Bonchev–Trinajstić information content (AvgIpc) is 2.16. The molecular weight excluding hydrogens is 202 g/mol. The van der Waals surface area contributed by atoms with Crippen LogP contribution in [0.1, 0.15) is 40.0 Å². The van der Waals surface area contributed by atoms with Gasteiger partial charge < -0.3 is 4.74 Å². The van der Waals surface area contributed by atoms with E-state index in [1.807, 2.05) is 33.0 Å². The predicted octanol–water partition coefficient (Wildman–Crippen LogP) is 3.48. The number of hydrogen-bond acceptors (Lipinski definition) is 2. The topological polar surface area (TPSA) is 29.5 Å². The molecule has 1 amide bonds. The fourth-order valence-corrected chi connectivity index (χ4v) is 1.63. The zero-order valence-electron chi connectivity index (χ0n) is 10.5. The maximum absolute atomic E-state index is 11.8. The predicted molar refractivity (Wildman–Crippen MR) is 65.1 cm³/mol. The molecule has 1 rings (SSSR count). The van der Waals surface area contributed by atoms with Gasteiger partial charge in [0, 0.05) is 12.7 Å². The highest BCUT2D eigenvalue weighted by Crippen LogP contribution is 2.20. The number of allylic oxidation sites excluding steroid dienone is 2. The summed E-state index contributed by atoms with van der Waals surface area (Å²) in [5.41, 5.74) is 0.813. The monoisotopic (exact) mass is 223 g/mol. The Kier molecular flexibility index (Phi) is 4.16. The SMILES string of the molecule is C=CCC1=CN(C(=O)OC(C)(C)C)CCC1. The van der Waals surface area contributed by atoms with Gasteiger partial charge in [0.25, 0.3) is 0 Å². The lowest BCUT2D eigenvalue weighted by Crippen LogP contribution is -2.35. The summed E-state index contributed by atoms with van der Waals surface area (Å²) >= 11 is 0. The van der Waals surface area contributed by atoms with Crippen LogP contribution in [0, 0.1) is 0 Å². The van der Waals surface area contributed by atoms with Gasteiger partial charge in [-0.2, -0.15) is 0 Å². The molecule has 0 saturated heterocycles. The molecule has 1 aliphatic rings. The van der Waals surface area contributed by atoms with E-state index < -0.39 is 5.60 Å². The van der Waals surface area contributed by atoms with E-state index in [2.05, 4.69) is 6.58 Å². The van der Waals surface area contributed by atoms with Crippen LogP contribution in [0.5, 0.6) is 0 Å². The quantitative estimate of drug-likeness (QED) is 0.671. The van der Waals surface area contributed by atoms with Gasteiger partial charge in [0.1, 0.15) is 5.60 Å². The van der Waals surface area contributed by atoms with Crippen molar-refractivity contribution in [3.8, 4) is 0 Å². The molecule has 90 valence electrons. The fourth-order valence-electron chi connectivity index (χ4n) is 1.63. The zero-order valence-corrected chi connectivity index (χ0v) is 10.5. The molecule has 0 bridgehead atoms.